The highest BCUT2D eigenvalue weighted by atomic mass is 16.5. The Bertz CT molecular complexity index is 207. The average molecular weight is 138 g/mol. The Hall–Kier alpha value is -1.14. The fourth-order valence-electron chi connectivity index (χ4n) is 0.747. The molecule has 2 heteroatoms. The van der Waals surface area contributed by atoms with Crippen LogP contribution in [-0.4, -0.2) is 14.2 Å². The van der Waals surface area contributed by atoms with Gasteiger partial charge in [-0.25, -0.2) is 0 Å². The van der Waals surface area contributed by atoms with Gasteiger partial charge in [0.15, 0.2) is 0 Å². The maximum atomic E-state index is 4.96. The van der Waals surface area contributed by atoms with Gasteiger partial charge < -0.3 is 9.47 Å². The zero-order valence-corrected chi connectivity index (χ0v) is 6.18. The van der Waals surface area contributed by atoms with E-state index in [1.807, 2.05) is 6.08 Å². The molecule has 0 unspecified atom stereocenters. The molecule has 0 N–H and O–H groups in total. The second-order valence-corrected chi connectivity index (χ2v) is 1.93. The van der Waals surface area contributed by atoms with Crippen LogP contribution in [0.15, 0.2) is 29.4 Å². The van der Waals surface area contributed by atoms with Gasteiger partial charge in [-0.05, 0) is 6.08 Å². The molecule has 1 aliphatic carbocycles. The van der Waals surface area contributed by atoms with Crippen LogP contribution in [0, 0.1) is 0 Å². The van der Waals surface area contributed by atoms with Crippen molar-refractivity contribution >= 4 is 0 Å². The van der Waals surface area contributed by atoms with Crippen LogP contribution in [0.3, 0.4) is 0 Å². The third-order valence-electron chi connectivity index (χ3n) is 1.35. The summed E-state index contributed by atoms with van der Waals surface area (Å²) in [4.78, 5) is 0. The van der Waals surface area contributed by atoms with Gasteiger partial charge in [0.05, 0.1) is 14.2 Å². The van der Waals surface area contributed by atoms with E-state index in [9.17, 15) is 0 Å². The summed E-state index contributed by atoms with van der Waals surface area (Å²) < 4.78 is 9.92. The van der Waals surface area contributed by atoms with E-state index >= 15 is 0 Å². The van der Waals surface area contributed by atoms with Gasteiger partial charge in [0.1, 0.15) is 11.5 Å². The van der Waals surface area contributed by atoms with Gasteiger partial charge >= 0.3 is 0 Å². The Labute approximate surface area is 60.4 Å². The van der Waals surface area contributed by atoms with E-state index in [1.165, 1.54) is 0 Å². The average Bonchev–Trinajstić information content (AvgIpc) is 2.05. The van der Waals surface area contributed by atoms with E-state index in [-0.39, 0.29) is 0 Å². The summed E-state index contributed by atoms with van der Waals surface area (Å²) in [6, 6.07) is 0. The number of ether oxygens (including phenoxy) is 2. The molecule has 54 valence electrons. The fourth-order valence-corrected chi connectivity index (χ4v) is 0.747. The molecule has 0 aromatic rings. The summed E-state index contributed by atoms with van der Waals surface area (Å²) in [6.45, 7) is 0. The minimum absolute atomic E-state index is 0.774. The lowest BCUT2D eigenvalue weighted by atomic mass is 10.2. The normalized spacial score (nSPS) is 15.8. The van der Waals surface area contributed by atoms with Crippen molar-refractivity contribution in [2.24, 2.45) is 0 Å². The molecule has 0 saturated heterocycles. The topological polar surface area (TPSA) is 18.5 Å². The van der Waals surface area contributed by atoms with Gasteiger partial charge in [-0.1, -0.05) is 5.73 Å². The third-order valence-corrected chi connectivity index (χ3v) is 1.35. The molecule has 0 aromatic carbocycles. The summed E-state index contributed by atoms with van der Waals surface area (Å²) in [5.74, 6) is 1.70. The first kappa shape index (κ1) is 6.97. The number of allylic oxidation sites excluding steroid dienone is 1. The number of rotatable bonds is 2. The van der Waals surface area contributed by atoms with E-state index < -0.39 is 0 Å². The van der Waals surface area contributed by atoms with Crippen LogP contribution in [0.4, 0.5) is 0 Å². The predicted molar refractivity (Wildman–Crippen MR) is 38.3 cm³/mol. The van der Waals surface area contributed by atoms with Crippen molar-refractivity contribution in [2.45, 2.75) is 6.42 Å². The summed E-state index contributed by atoms with van der Waals surface area (Å²) in [7, 11) is 3.28. The molecule has 1 aliphatic rings. The second kappa shape index (κ2) is 3.14. The highest BCUT2D eigenvalue weighted by molar-refractivity contribution is 5.20. The van der Waals surface area contributed by atoms with Crippen LogP contribution in [0.25, 0.3) is 0 Å². The highest BCUT2D eigenvalue weighted by Crippen LogP contribution is 2.11. The standard InChI is InChI=1S/C8H10O2/c1-9-7-3-5-8(10-2)6-4-7/h3-4H,5H2,1-2H3. The van der Waals surface area contributed by atoms with Crippen LogP contribution >= 0.6 is 0 Å². The SMILES string of the molecule is COC1=C=CC(OC)=CC1. The zero-order valence-electron chi connectivity index (χ0n) is 6.18. The molecule has 10 heavy (non-hydrogen) atoms. The lowest BCUT2D eigenvalue weighted by molar-refractivity contribution is 0.275. The quantitative estimate of drug-likeness (QED) is 0.539. The molecular formula is C8H10O2. The summed E-state index contributed by atoms with van der Waals surface area (Å²) in [5.41, 5.74) is 2.95. The van der Waals surface area contributed by atoms with Crippen LogP contribution in [0.5, 0.6) is 0 Å². The zero-order chi connectivity index (χ0) is 7.40. The van der Waals surface area contributed by atoms with Gasteiger partial charge in [0.2, 0.25) is 0 Å². The van der Waals surface area contributed by atoms with E-state index in [2.05, 4.69) is 5.73 Å². The van der Waals surface area contributed by atoms with Crippen molar-refractivity contribution in [1.82, 2.24) is 0 Å². The Kier molecular flexibility index (Phi) is 2.19. The maximum Gasteiger partial charge on any atom is 0.142 e. The molecule has 0 bridgehead atoms. The van der Waals surface area contributed by atoms with Crippen LogP contribution in [-0.2, 0) is 9.47 Å². The minimum Gasteiger partial charge on any atom is -0.496 e. The van der Waals surface area contributed by atoms with Gasteiger partial charge in [-0.3, -0.25) is 0 Å². The molecule has 0 aromatic heterocycles. The molecule has 0 spiro atoms. The Morgan fingerprint density at radius 1 is 1.40 bits per heavy atom. The summed E-state index contributed by atoms with van der Waals surface area (Å²) in [6.07, 6.45) is 4.49. The van der Waals surface area contributed by atoms with Gasteiger partial charge in [-0.15, -0.1) is 0 Å². The molecule has 2 nitrogen and oxygen atoms in total. The molecule has 0 heterocycles. The largest absolute Gasteiger partial charge is 0.496 e. The van der Waals surface area contributed by atoms with Crippen LogP contribution in [0.2, 0.25) is 0 Å². The van der Waals surface area contributed by atoms with Crippen molar-refractivity contribution in [3.8, 4) is 0 Å². The molecule has 0 saturated carbocycles. The molecule has 0 radical (unpaired) electrons. The lowest BCUT2D eigenvalue weighted by Crippen LogP contribution is -1.90. The fraction of sp³-hybridized carbons (Fsp3) is 0.375. The van der Waals surface area contributed by atoms with Crippen molar-refractivity contribution < 1.29 is 9.47 Å². The van der Waals surface area contributed by atoms with Gasteiger partial charge in [-0.2, -0.15) is 0 Å². The summed E-state index contributed by atoms with van der Waals surface area (Å²) >= 11 is 0. The van der Waals surface area contributed by atoms with Gasteiger partial charge in [0.25, 0.3) is 0 Å². The van der Waals surface area contributed by atoms with Crippen molar-refractivity contribution in [3.63, 3.8) is 0 Å². The number of hydrogen-bond acceptors (Lipinski definition) is 2. The first-order valence-corrected chi connectivity index (χ1v) is 3.10. The number of hydrogen-bond donors (Lipinski definition) is 0. The smallest absolute Gasteiger partial charge is 0.142 e. The second-order valence-electron chi connectivity index (χ2n) is 1.93. The molecule has 0 aliphatic heterocycles. The van der Waals surface area contributed by atoms with Crippen LogP contribution < -0.4 is 0 Å². The predicted octanol–water partition coefficient (Wildman–Crippen LogP) is 1.61. The Balaban J connectivity index is 2.69. The highest BCUT2D eigenvalue weighted by Gasteiger charge is 1.98. The Morgan fingerprint density at radius 2 is 2.20 bits per heavy atom. The van der Waals surface area contributed by atoms with Crippen molar-refractivity contribution in [3.05, 3.63) is 29.4 Å². The van der Waals surface area contributed by atoms with Crippen molar-refractivity contribution in [2.75, 3.05) is 14.2 Å². The molecule has 0 atom stereocenters. The van der Waals surface area contributed by atoms with E-state index in [1.54, 1.807) is 20.3 Å². The maximum absolute atomic E-state index is 4.96. The van der Waals surface area contributed by atoms with E-state index in [0.717, 1.165) is 17.9 Å². The van der Waals surface area contributed by atoms with Crippen LogP contribution in [0.1, 0.15) is 6.42 Å². The Morgan fingerprint density at radius 3 is 2.60 bits per heavy atom. The monoisotopic (exact) mass is 138 g/mol. The first-order chi connectivity index (χ1) is 4.86. The lowest BCUT2D eigenvalue weighted by Gasteiger charge is -2.05. The third kappa shape index (κ3) is 1.42. The minimum atomic E-state index is 0.774. The molecule has 0 amide bonds. The van der Waals surface area contributed by atoms with E-state index in [0.29, 0.717) is 0 Å². The molecular weight excluding hydrogens is 128 g/mol. The molecule has 1 rings (SSSR count). The van der Waals surface area contributed by atoms with Crippen molar-refractivity contribution in [1.29, 1.82) is 0 Å². The first-order valence-electron chi connectivity index (χ1n) is 3.10. The number of methoxy groups -OCH3 is 2. The summed E-state index contributed by atoms with van der Waals surface area (Å²) in [5, 5.41) is 0. The van der Waals surface area contributed by atoms with Gasteiger partial charge in [0, 0.05) is 12.5 Å². The molecule has 0 fully saturated rings. The van der Waals surface area contributed by atoms with E-state index in [4.69, 9.17) is 9.47 Å².